The van der Waals surface area contributed by atoms with Crippen LogP contribution in [-0.2, 0) is 29.2 Å². The van der Waals surface area contributed by atoms with E-state index in [0.717, 1.165) is 23.8 Å². The highest BCUT2D eigenvalue weighted by atomic mass is 32.2. The zero-order valence-corrected chi connectivity index (χ0v) is 32.1. The van der Waals surface area contributed by atoms with Gasteiger partial charge in [-0.05, 0) is 62.8 Å². The van der Waals surface area contributed by atoms with Crippen LogP contribution in [0, 0.1) is 5.92 Å². The Morgan fingerprint density at radius 3 is 2.59 bits per heavy atom. The van der Waals surface area contributed by atoms with E-state index in [1.165, 1.54) is 11.8 Å². The number of nitrogens with one attached hydrogen (secondary N) is 3. The number of sulfonamides is 1. The predicted octanol–water partition coefficient (Wildman–Crippen LogP) is 4.51. The molecule has 0 bridgehead atoms. The number of amides is 4. The summed E-state index contributed by atoms with van der Waals surface area (Å²) in [5.74, 6) is -1.70. The predicted molar refractivity (Wildman–Crippen MR) is 207 cm³/mol. The van der Waals surface area contributed by atoms with Gasteiger partial charge >= 0.3 is 0 Å². The molecule has 0 spiro atoms. The van der Waals surface area contributed by atoms with Crippen LogP contribution in [0.5, 0.6) is 11.5 Å². The molecule has 3 N–H and O–H groups in total. The zero-order valence-electron chi connectivity index (χ0n) is 31.3. The van der Waals surface area contributed by atoms with Gasteiger partial charge in [-0.1, -0.05) is 49.3 Å². The second-order valence-corrected chi connectivity index (χ2v) is 17.2. The summed E-state index contributed by atoms with van der Waals surface area (Å²) in [5.41, 5.74) is 1.33. The number of fused-ring (bicyclic) bond motifs is 5. The van der Waals surface area contributed by atoms with Crippen molar-refractivity contribution in [2.75, 3.05) is 13.7 Å². The van der Waals surface area contributed by atoms with Gasteiger partial charge in [-0.25, -0.2) is 13.4 Å². The van der Waals surface area contributed by atoms with Crippen molar-refractivity contribution in [1.29, 1.82) is 0 Å². The molecule has 56 heavy (non-hydrogen) atoms. The van der Waals surface area contributed by atoms with Crippen molar-refractivity contribution in [3.05, 3.63) is 66.7 Å². The number of carbonyl (C=O) groups excluding carboxylic acids is 4. The standard InChI is InChI=1S/C41H45N5O9S/c1-24(47)42-30-15-7-5-3-4-6-12-25-22-41(25,40(50)45-56(51,52)27-18-19-27)44-38(48)32-20-26(23-46(32)39(30)49)54-35-21-31(28-13-8-10-16-33(28)53-2)43-36-29-14-9-11-17-34(29)55-37(35)36/h6,8-14,16-17,21,25-27,30,32H,3-5,7,15,18-20,22-23H2,1-2H3,(H,42,47)(H,44,48)(H,45,50)/b12-6-/t25-,26-,30+,32+,41-/m1/s1. The first kappa shape index (κ1) is 37.5. The number of allylic oxidation sites excluding steroid dienone is 1. The van der Waals surface area contributed by atoms with Gasteiger partial charge in [-0.15, -0.1) is 0 Å². The number of furan rings is 1. The molecule has 2 aromatic heterocycles. The van der Waals surface area contributed by atoms with Crippen LogP contribution in [0.25, 0.3) is 33.3 Å². The molecule has 4 aliphatic rings. The van der Waals surface area contributed by atoms with Crippen molar-refractivity contribution < 1.29 is 41.5 Å². The number of hydrogen-bond donors (Lipinski definition) is 3. The maximum absolute atomic E-state index is 14.5. The fraction of sp³-hybridized carbons (Fsp3) is 0.439. The SMILES string of the molecule is COc1ccccc1-c1cc(O[C@@H]2C[C@H]3C(=O)N[C@]4(C(=O)NS(=O)(=O)C5CC5)C[C@H]4/C=C\CCCCC[C@H](NC(C)=O)C(=O)N3C2)c2oc3ccccc3c2n1. The summed E-state index contributed by atoms with van der Waals surface area (Å²) in [5, 5.41) is 5.83. The van der Waals surface area contributed by atoms with Crippen LogP contribution in [0.1, 0.15) is 64.7 Å². The Labute approximate surface area is 324 Å². The normalized spacial score (nSPS) is 26.3. The van der Waals surface area contributed by atoms with Gasteiger partial charge in [0.15, 0.2) is 11.3 Å². The molecule has 4 heterocycles. The van der Waals surface area contributed by atoms with Crippen LogP contribution in [0.15, 0.2) is 71.2 Å². The number of methoxy groups -OCH3 is 1. The number of aromatic nitrogens is 1. The Morgan fingerprint density at radius 2 is 1.80 bits per heavy atom. The molecule has 15 heteroatoms. The van der Waals surface area contributed by atoms with Crippen LogP contribution in [0.3, 0.4) is 0 Å². The molecule has 0 radical (unpaired) electrons. The van der Waals surface area contributed by atoms with E-state index in [0.29, 0.717) is 66.0 Å². The van der Waals surface area contributed by atoms with Gasteiger partial charge in [0, 0.05) is 36.3 Å². The topological polar surface area (TPSA) is 186 Å². The maximum Gasteiger partial charge on any atom is 0.259 e. The van der Waals surface area contributed by atoms with E-state index in [-0.39, 0.29) is 25.3 Å². The second-order valence-electron chi connectivity index (χ2n) is 15.2. The van der Waals surface area contributed by atoms with Crippen LogP contribution >= 0.6 is 0 Å². The van der Waals surface area contributed by atoms with Crippen molar-refractivity contribution in [3.8, 4) is 22.8 Å². The summed E-state index contributed by atoms with van der Waals surface area (Å²) in [6.07, 6.45) is 7.64. The summed E-state index contributed by atoms with van der Waals surface area (Å²) in [6, 6.07) is 14.7. The van der Waals surface area contributed by atoms with Crippen LogP contribution in [-0.4, -0.2) is 84.6 Å². The molecule has 14 nitrogen and oxygen atoms in total. The first-order valence-electron chi connectivity index (χ1n) is 19.2. The molecule has 3 fully saturated rings. The van der Waals surface area contributed by atoms with Gasteiger partial charge in [0.2, 0.25) is 27.7 Å². The maximum atomic E-state index is 14.5. The van der Waals surface area contributed by atoms with E-state index in [1.807, 2.05) is 60.7 Å². The Bertz CT molecular complexity index is 2360. The summed E-state index contributed by atoms with van der Waals surface area (Å²) in [7, 11) is -2.32. The molecule has 4 aromatic rings. The molecular formula is C41H45N5O9S. The first-order valence-corrected chi connectivity index (χ1v) is 20.8. The third kappa shape index (κ3) is 7.31. The Hall–Kier alpha value is -5.44. The van der Waals surface area contributed by atoms with Crippen molar-refractivity contribution in [2.45, 2.75) is 93.7 Å². The Morgan fingerprint density at radius 1 is 1.02 bits per heavy atom. The first-order chi connectivity index (χ1) is 27.0. The molecule has 2 saturated carbocycles. The van der Waals surface area contributed by atoms with Gasteiger partial charge < -0.3 is 29.4 Å². The lowest BCUT2D eigenvalue weighted by Crippen LogP contribution is -2.58. The summed E-state index contributed by atoms with van der Waals surface area (Å²) >= 11 is 0. The average Bonchev–Trinajstić information content (AvgIpc) is 4.08. The highest BCUT2D eigenvalue weighted by Gasteiger charge is 2.62. The van der Waals surface area contributed by atoms with Crippen LogP contribution < -0.4 is 24.8 Å². The molecule has 4 amide bonds. The molecule has 8 rings (SSSR count). The molecule has 294 valence electrons. The highest BCUT2D eigenvalue weighted by Crippen LogP contribution is 2.46. The minimum Gasteiger partial charge on any atom is -0.496 e. The zero-order chi connectivity index (χ0) is 39.2. The van der Waals surface area contributed by atoms with Gasteiger partial charge in [0.05, 0.1) is 24.6 Å². The van der Waals surface area contributed by atoms with Gasteiger partial charge in [0.25, 0.3) is 5.91 Å². The molecule has 2 aliphatic carbocycles. The van der Waals surface area contributed by atoms with Gasteiger partial charge in [0.1, 0.15) is 40.6 Å². The van der Waals surface area contributed by atoms with Crippen LogP contribution in [0.4, 0.5) is 0 Å². The van der Waals surface area contributed by atoms with E-state index >= 15 is 0 Å². The smallest absolute Gasteiger partial charge is 0.259 e. The van der Waals surface area contributed by atoms with E-state index in [2.05, 4.69) is 15.4 Å². The number of hydrogen-bond acceptors (Lipinski definition) is 10. The van der Waals surface area contributed by atoms with Crippen molar-refractivity contribution in [1.82, 2.24) is 25.2 Å². The average molecular weight is 784 g/mol. The van der Waals surface area contributed by atoms with E-state index in [1.54, 1.807) is 13.2 Å². The number of rotatable bonds is 8. The van der Waals surface area contributed by atoms with Crippen molar-refractivity contribution >= 4 is 55.7 Å². The third-order valence-electron chi connectivity index (χ3n) is 11.2. The second kappa shape index (κ2) is 14.9. The lowest BCUT2D eigenvalue weighted by Gasteiger charge is -2.29. The number of ether oxygens (including phenoxy) is 2. The lowest BCUT2D eigenvalue weighted by molar-refractivity contribution is -0.142. The molecule has 0 unspecified atom stereocenters. The number of nitrogens with zero attached hydrogens (tertiary/aromatic N) is 2. The highest BCUT2D eigenvalue weighted by molar-refractivity contribution is 7.91. The fourth-order valence-electron chi connectivity index (χ4n) is 8.01. The molecule has 2 aromatic carbocycles. The van der Waals surface area contributed by atoms with Crippen LogP contribution in [0.2, 0.25) is 0 Å². The molecular weight excluding hydrogens is 739 g/mol. The fourth-order valence-corrected chi connectivity index (χ4v) is 9.37. The molecule has 1 saturated heterocycles. The molecule has 5 atom stereocenters. The lowest BCUT2D eigenvalue weighted by atomic mass is 10.0. The third-order valence-corrected chi connectivity index (χ3v) is 13.0. The summed E-state index contributed by atoms with van der Waals surface area (Å²) in [4.78, 5) is 61.4. The molecule has 2 aliphatic heterocycles. The van der Waals surface area contributed by atoms with E-state index < -0.39 is 62.6 Å². The van der Waals surface area contributed by atoms with Gasteiger partial charge in [-0.3, -0.25) is 23.9 Å². The largest absolute Gasteiger partial charge is 0.496 e. The number of pyridine rings is 1. The quantitative estimate of drug-likeness (QED) is 0.215. The Balaban J connectivity index is 1.15. The summed E-state index contributed by atoms with van der Waals surface area (Å²) in [6.45, 7) is 1.33. The number of benzene rings is 2. The van der Waals surface area contributed by atoms with Crippen molar-refractivity contribution in [2.24, 2.45) is 5.92 Å². The van der Waals surface area contributed by atoms with Crippen molar-refractivity contribution in [3.63, 3.8) is 0 Å². The monoisotopic (exact) mass is 783 g/mol. The van der Waals surface area contributed by atoms with E-state index in [9.17, 15) is 27.6 Å². The Kier molecular flexibility index (Phi) is 9.97. The van der Waals surface area contributed by atoms with E-state index in [4.69, 9.17) is 18.9 Å². The number of carbonyl (C=O) groups is 4. The summed E-state index contributed by atoms with van der Waals surface area (Å²) < 4.78 is 46.6. The van der Waals surface area contributed by atoms with Gasteiger partial charge in [-0.2, -0.15) is 0 Å². The minimum atomic E-state index is -3.90. The number of para-hydroxylation sites is 2. The minimum absolute atomic E-state index is 0.0143.